The number of rotatable bonds is 8. The summed E-state index contributed by atoms with van der Waals surface area (Å²) in [6.07, 6.45) is 1.34. The minimum absolute atomic E-state index is 0.0805. The first-order valence-electron chi connectivity index (χ1n) is 13.2. The third-order valence-corrected chi connectivity index (χ3v) is 7.72. The smallest absolute Gasteiger partial charge is 0.314 e. The van der Waals surface area contributed by atoms with Gasteiger partial charge in [-0.1, -0.05) is 53.5 Å². The fraction of sp³-hybridized carbons (Fsp3) is 0.300. The number of carbonyl (C=O) groups excluding carboxylic acids is 3. The number of anilines is 1. The number of nitrogens with zero attached hydrogens (tertiary/aromatic N) is 2. The zero-order valence-corrected chi connectivity index (χ0v) is 23.8. The first-order valence-corrected chi connectivity index (χ1v) is 14.0. The van der Waals surface area contributed by atoms with E-state index in [1.807, 2.05) is 18.2 Å². The number of benzene rings is 3. The quantitative estimate of drug-likeness (QED) is 0.332. The van der Waals surface area contributed by atoms with E-state index < -0.39 is 6.03 Å². The van der Waals surface area contributed by atoms with Crippen molar-refractivity contribution in [3.8, 4) is 0 Å². The second-order valence-electron chi connectivity index (χ2n) is 9.75. The zero-order valence-electron chi connectivity index (χ0n) is 22.3. The van der Waals surface area contributed by atoms with Gasteiger partial charge in [-0.2, -0.15) is 0 Å². The molecule has 4 rings (SSSR count). The Balaban J connectivity index is 1.53. The molecule has 4 N–H and O–H groups in total. The van der Waals surface area contributed by atoms with E-state index >= 15 is 0 Å². The van der Waals surface area contributed by atoms with Crippen LogP contribution in [0.5, 0.6) is 0 Å². The van der Waals surface area contributed by atoms with E-state index in [1.165, 1.54) is 0 Å². The van der Waals surface area contributed by atoms with Gasteiger partial charge in [0.1, 0.15) is 0 Å². The number of amides is 4. The molecule has 4 amide bonds. The van der Waals surface area contributed by atoms with Crippen LogP contribution in [0.25, 0.3) is 0 Å². The van der Waals surface area contributed by atoms with Crippen LogP contribution in [-0.4, -0.2) is 60.4 Å². The van der Waals surface area contributed by atoms with Crippen LogP contribution in [0.1, 0.15) is 51.2 Å². The molecule has 210 valence electrons. The topological polar surface area (TPSA) is 108 Å². The summed E-state index contributed by atoms with van der Waals surface area (Å²) in [6.45, 7) is 5.00. The summed E-state index contributed by atoms with van der Waals surface area (Å²) >= 11 is 12.2. The maximum atomic E-state index is 13.1. The molecular weight excluding hydrogens is 549 g/mol. The molecule has 1 atom stereocenters. The fourth-order valence-corrected chi connectivity index (χ4v) is 5.34. The van der Waals surface area contributed by atoms with Crippen molar-refractivity contribution in [2.75, 3.05) is 38.0 Å². The van der Waals surface area contributed by atoms with E-state index in [9.17, 15) is 14.4 Å². The van der Waals surface area contributed by atoms with Crippen molar-refractivity contribution < 1.29 is 14.4 Å². The lowest BCUT2D eigenvalue weighted by Gasteiger charge is -2.29. The molecule has 1 heterocycles. The Hall–Kier alpha value is -3.59. The van der Waals surface area contributed by atoms with Crippen molar-refractivity contribution in [1.82, 2.24) is 15.1 Å². The number of urea groups is 1. The van der Waals surface area contributed by atoms with Crippen LogP contribution in [0.4, 0.5) is 10.5 Å². The number of nitrogens with two attached hydrogens (primary N) is 1. The van der Waals surface area contributed by atoms with Crippen LogP contribution >= 0.6 is 23.2 Å². The highest BCUT2D eigenvalue weighted by Crippen LogP contribution is 2.30. The van der Waals surface area contributed by atoms with Gasteiger partial charge in [-0.15, -0.1) is 0 Å². The van der Waals surface area contributed by atoms with Gasteiger partial charge in [0.25, 0.3) is 11.8 Å². The molecule has 1 saturated heterocycles. The number of hydrogen-bond acceptors (Lipinski definition) is 4. The van der Waals surface area contributed by atoms with Crippen molar-refractivity contribution in [2.24, 2.45) is 5.73 Å². The van der Waals surface area contributed by atoms with Gasteiger partial charge in [-0.05, 0) is 67.3 Å². The Morgan fingerprint density at radius 1 is 0.900 bits per heavy atom. The van der Waals surface area contributed by atoms with E-state index in [0.717, 1.165) is 24.1 Å². The summed E-state index contributed by atoms with van der Waals surface area (Å²) in [6, 6.07) is 19.1. The average molecular weight is 583 g/mol. The number of nitrogens with one attached hydrogen (secondary N) is 2. The van der Waals surface area contributed by atoms with Crippen LogP contribution in [0.15, 0.2) is 66.7 Å². The Morgan fingerprint density at radius 3 is 2.40 bits per heavy atom. The molecule has 0 spiro atoms. The molecule has 1 aliphatic rings. The number of primary amides is 1. The van der Waals surface area contributed by atoms with E-state index in [4.69, 9.17) is 28.9 Å². The van der Waals surface area contributed by atoms with Crippen molar-refractivity contribution in [3.05, 3.63) is 99.0 Å². The average Bonchev–Trinajstić information content (AvgIpc) is 3.21. The van der Waals surface area contributed by atoms with Crippen molar-refractivity contribution in [3.63, 3.8) is 0 Å². The molecular formula is C30H33Cl2N5O3. The van der Waals surface area contributed by atoms with E-state index in [0.29, 0.717) is 59.5 Å². The molecule has 1 aliphatic heterocycles. The zero-order chi connectivity index (χ0) is 28.6. The van der Waals surface area contributed by atoms with Gasteiger partial charge in [0, 0.05) is 65.6 Å². The third kappa shape index (κ3) is 7.53. The number of hydrogen-bond donors (Lipinski definition) is 3. The van der Waals surface area contributed by atoms with Gasteiger partial charge in [0.05, 0.1) is 0 Å². The minimum atomic E-state index is -0.418. The van der Waals surface area contributed by atoms with Gasteiger partial charge in [0.15, 0.2) is 0 Å². The second kappa shape index (κ2) is 13.7. The van der Waals surface area contributed by atoms with Crippen LogP contribution < -0.4 is 16.4 Å². The predicted octanol–water partition coefficient (Wildman–Crippen LogP) is 5.37. The molecule has 0 aromatic heterocycles. The van der Waals surface area contributed by atoms with Crippen LogP contribution in [0.2, 0.25) is 10.0 Å². The Bertz CT molecular complexity index is 1370. The molecule has 1 unspecified atom stereocenters. The molecule has 0 aliphatic carbocycles. The maximum absolute atomic E-state index is 13.1. The lowest BCUT2D eigenvalue weighted by Crippen LogP contribution is -2.39. The van der Waals surface area contributed by atoms with Crippen LogP contribution in [-0.2, 0) is 6.42 Å². The molecule has 3 aromatic carbocycles. The monoisotopic (exact) mass is 581 g/mol. The lowest BCUT2D eigenvalue weighted by molar-refractivity contribution is 0.0952. The highest BCUT2D eigenvalue weighted by molar-refractivity contribution is 6.35. The first kappa shape index (κ1) is 29.4. The maximum Gasteiger partial charge on any atom is 0.314 e. The molecule has 3 aromatic rings. The van der Waals surface area contributed by atoms with E-state index in [-0.39, 0.29) is 17.9 Å². The summed E-state index contributed by atoms with van der Waals surface area (Å²) in [5.41, 5.74) is 8.77. The van der Waals surface area contributed by atoms with Crippen LogP contribution in [0.3, 0.4) is 0 Å². The standard InChI is InChI=1S/C30H33Cl2N5O3/c1-20(36-14-5-15-37(17-16-36)30(33)40)25-11-9-23(18-27(25)35-29(39)22-6-3-2-4-7-22)28(38)34-13-12-21-8-10-24(31)19-26(21)32/h2-4,6-11,18-20H,5,12-17H2,1H3,(H2,33,40)(H,34,38)(H,35,39). The van der Waals surface area contributed by atoms with Crippen molar-refractivity contribution >= 4 is 46.7 Å². The Labute approximate surface area is 244 Å². The first-order chi connectivity index (χ1) is 19.2. The third-order valence-electron chi connectivity index (χ3n) is 7.13. The molecule has 1 fully saturated rings. The number of halogens is 2. The predicted molar refractivity (Wildman–Crippen MR) is 159 cm³/mol. The second-order valence-corrected chi connectivity index (χ2v) is 10.6. The minimum Gasteiger partial charge on any atom is -0.352 e. The van der Waals surface area contributed by atoms with E-state index in [2.05, 4.69) is 22.5 Å². The fourth-order valence-electron chi connectivity index (χ4n) is 4.83. The van der Waals surface area contributed by atoms with E-state index in [1.54, 1.807) is 53.4 Å². The number of carbonyl (C=O) groups is 3. The lowest BCUT2D eigenvalue weighted by atomic mass is 10.0. The van der Waals surface area contributed by atoms with Gasteiger partial charge in [0.2, 0.25) is 0 Å². The van der Waals surface area contributed by atoms with Crippen molar-refractivity contribution in [2.45, 2.75) is 25.8 Å². The Morgan fingerprint density at radius 2 is 1.68 bits per heavy atom. The molecule has 0 bridgehead atoms. The highest BCUT2D eigenvalue weighted by Gasteiger charge is 2.24. The summed E-state index contributed by atoms with van der Waals surface area (Å²) in [4.78, 5) is 41.8. The highest BCUT2D eigenvalue weighted by atomic mass is 35.5. The van der Waals surface area contributed by atoms with Gasteiger partial charge >= 0.3 is 6.03 Å². The molecule has 0 saturated carbocycles. The molecule has 0 radical (unpaired) electrons. The SMILES string of the molecule is CC(c1ccc(C(=O)NCCc2ccc(Cl)cc2Cl)cc1NC(=O)c1ccccc1)N1CCCN(C(N)=O)CC1. The van der Waals surface area contributed by atoms with Crippen LogP contribution in [0, 0.1) is 0 Å². The summed E-state index contributed by atoms with van der Waals surface area (Å²) in [5, 5.41) is 7.07. The summed E-state index contributed by atoms with van der Waals surface area (Å²) < 4.78 is 0. The van der Waals surface area contributed by atoms with Gasteiger partial charge in [-0.25, -0.2) is 4.79 Å². The molecule has 8 nitrogen and oxygen atoms in total. The summed E-state index contributed by atoms with van der Waals surface area (Å²) in [7, 11) is 0. The normalized spacial score (nSPS) is 14.7. The molecule has 10 heteroatoms. The molecule has 40 heavy (non-hydrogen) atoms. The summed E-state index contributed by atoms with van der Waals surface area (Å²) in [5.74, 6) is -0.522. The van der Waals surface area contributed by atoms with Crippen molar-refractivity contribution in [1.29, 1.82) is 0 Å². The van der Waals surface area contributed by atoms with Gasteiger partial charge in [-0.3, -0.25) is 14.5 Å². The largest absolute Gasteiger partial charge is 0.352 e. The van der Waals surface area contributed by atoms with Gasteiger partial charge < -0.3 is 21.3 Å². The Kier molecular flexibility index (Phi) is 10.0.